The van der Waals surface area contributed by atoms with Gasteiger partial charge in [0.2, 0.25) is 0 Å². The molecule has 0 bridgehead atoms. The Bertz CT molecular complexity index is 2900. The van der Waals surface area contributed by atoms with E-state index < -0.39 is 16.1 Å². The number of hydrogen-bond donors (Lipinski definition) is 0. The molecule has 4 heteroatoms. The van der Waals surface area contributed by atoms with Gasteiger partial charge in [-0.3, -0.25) is 0 Å². The van der Waals surface area contributed by atoms with Gasteiger partial charge in [-0.15, -0.1) is 0 Å². The fraction of sp³-hybridized carbons (Fsp3) is 0.0820. The Hall–Kier alpha value is -7.25. The molecular formula is C61H54N2Si2. The predicted molar refractivity (Wildman–Crippen MR) is 284 cm³/mol. The van der Waals surface area contributed by atoms with Crippen molar-refractivity contribution in [2.75, 3.05) is 0 Å². The smallest absolute Gasteiger partial charge is 0.179 e. The van der Waals surface area contributed by atoms with Crippen LogP contribution in [0, 0.1) is 13.8 Å². The average molecular weight is 871 g/mol. The molecule has 0 radical (unpaired) electrons. The number of nitrogens with zero attached hydrogens (tertiary/aromatic N) is 2. The minimum absolute atomic E-state index is 0.634. The topological polar surface area (TPSA) is 24.7 Å². The Kier molecular flexibility index (Phi) is 12.7. The zero-order chi connectivity index (χ0) is 44.6. The van der Waals surface area contributed by atoms with Crippen molar-refractivity contribution < 1.29 is 0 Å². The molecule has 0 atom stereocenters. The lowest BCUT2D eigenvalue weighted by Gasteiger charge is -2.37. The van der Waals surface area contributed by atoms with E-state index in [0.717, 1.165) is 46.4 Å². The number of amidine groups is 1. The van der Waals surface area contributed by atoms with Gasteiger partial charge >= 0.3 is 0 Å². The van der Waals surface area contributed by atoms with Crippen molar-refractivity contribution in [3.8, 4) is 0 Å². The molecule has 0 heterocycles. The van der Waals surface area contributed by atoms with Crippen molar-refractivity contribution in [2.45, 2.75) is 33.6 Å². The predicted octanol–water partition coefficient (Wildman–Crippen LogP) is 9.89. The fourth-order valence-corrected chi connectivity index (χ4v) is 20.0. The molecule has 0 saturated carbocycles. The van der Waals surface area contributed by atoms with Crippen LogP contribution in [-0.4, -0.2) is 27.7 Å². The molecule has 0 amide bonds. The van der Waals surface area contributed by atoms with Gasteiger partial charge in [-0.1, -0.05) is 248 Å². The van der Waals surface area contributed by atoms with Crippen LogP contribution in [-0.2, 0) is 0 Å². The van der Waals surface area contributed by atoms with E-state index in [1.54, 1.807) is 0 Å². The van der Waals surface area contributed by atoms with Gasteiger partial charge in [-0.2, -0.15) is 0 Å². The molecule has 0 spiro atoms. The van der Waals surface area contributed by atoms with Crippen LogP contribution in [0.2, 0.25) is 0 Å². The summed E-state index contributed by atoms with van der Waals surface area (Å²) in [6.45, 7) is 11.0. The molecule has 8 aromatic rings. The standard InChI is InChI=1S/C61H54N2Si2/c1-46-26-23-27-47(2)60(46)49(4)63-61(51-29-25-43-59(45-51)65(55-36-17-8-18-37-55,56-38-19-9-20-39-56)57-40-21-10-22-41-57)62-48(3)50-28-24-42-58(44-50)64(52-30-11-5-12-31-52,53-32-13-6-14-33-53)54-34-15-7-16-35-54/h5-15,17-34,36-45H,4,16,35H2,1-3H3/b62-48+,63-61-. The van der Waals surface area contributed by atoms with Gasteiger partial charge < -0.3 is 0 Å². The molecule has 2 nitrogen and oxygen atoms in total. The summed E-state index contributed by atoms with van der Waals surface area (Å²) in [6, 6.07) is 80.2. The van der Waals surface area contributed by atoms with E-state index in [1.807, 2.05) is 0 Å². The van der Waals surface area contributed by atoms with Crippen LogP contribution >= 0.6 is 0 Å². The number of hydrogen-bond acceptors (Lipinski definition) is 1. The van der Waals surface area contributed by atoms with Crippen molar-refractivity contribution in [2.24, 2.45) is 9.98 Å². The highest BCUT2D eigenvalue weighted by atomic mass is 28.3. The molecule has 0 unspecified atom stereocenters. The minimum atomic E-state index is -2.84. The third kappa shape index (κ3) is 8.35. The van der Waals surface area contributed by atoms with E-state index in [1.165, 1.54) is 41.5 Å². The van der Waals surface area contributed by atoms with Crippen LogP contribution in [0.5, 0.6) is 0 Å². The molecule has 8 aromatic carbocycles. The molecular weight excluding hydrogens is 817 g/mol. The third-order valence-corrected chi connectivity index (χ3v) is 22.8. The first-order valence-electron chi connectivity index (χ1n) is 22.7. The van der Waals surface area contributed by atoms with E-state index in [0.29, 0.717) is 11.5 Å². The molecule has 316 valence electrons. The monoisotopic (exact) mass is 870 g/mol. The minimum Gasteiger partial charge on any atom is -0.233 e. The van der Waals surface area contributed by atoms with Crippen LogP contribution in [0.15, 0.2) is 258 Å². The summed E-state index contributed by atoms with van der Waals surface area (Å²) < 4.78 is 0. The van der Waals surface area contributed by atoms with Crippen molar-refractivity contribution in [3.63, 3.8) is 0 Å². The lowest BCUT2D eigenvalue weighted by molar-refractivity contribution is 1.01. The van der Waals surface area contributed by atoms with Crippen molar-refractivity contribution >= 4 is 69.7 Å². The second-order valence-corrected chi connectivity index (χ2v) is 24.7. The maximum atomic E-state index is 5.58. The molecule has 0 fully saturated rings. The van der Waals surface area contributed by atoms with Gasteiger partial charge in [0.25, 0.3) is 0 Å². The summed E-state index contributed by atoms with van der Waals surface area (Å²) in [7, 11) is -5.54. The largest absolute Gasteiger partial charge is 0.233 e. The molecule has 0 aromatic heterocycles. The second-order valence-electron chi connectivity index (χ2n) is 17.0. The van der Waals surface area contributed by atoms with Gasteiger partial charge in [0.05, 0.1) is 5.70 Å². The van der Waals surface area contributed by atoms with Gasteiger partial charge in [0.1, 0.15) is 0 Å². The van der Waals surface area contributed by atoms with Gasteiger partial charge in [-0.25, -0.2) is 9.98 Å². The normalized spacial score (nSPS) is 13.3. The maximum absolute atomic E-state index is 5.58. The summed E-state index contributed by atoms with van der Waals surface area (Å²) in [5.74, 6) is 0.634. The molecule has 0 aliphatic heterocycles. The molecule has 1 aliphatic rings. The lowest BCUT2D eigenvalue weighted by Crippen LogP contribution is -2.74. The van der Waals surface area contributed by atoms with E-state index >= 15 is 0 Å². The van der Waals surface area contributed by atoms with E-state index in [4.69, 9.17) is 9.98 Å². The van der Waals surface area contributed by atoms with Gasteiger partial charge in [0, 0.05) is 16.8 Å². The number of benzene rings is 8. The van der Waals surface area contributed by atoms with Crippen molar-refractivity contribution in [1.82, 2.24) is 0 Å². The lowest BCUT2D eigenvalue weighted by atomic mass is 10.0. The highest BCUT2D eigenvalue weighted by Crippen LogP contribution is 2.27. The fourth-order valence-electron chi connectivity index (χ4n) is 10.1. The molecule has 9 rings (SSSR count). The van der Waals surface area contributed by atoms with Gasteiger partial charge in [0.15, 0.2) is 22.0 Å². The van der Waals surface area contributed by atoms with Gasteiger partial charge in [-0.05, 0) is 86.6 Å². The van der Waals surface area contributed by atoms with Crippen LogP contribution < -0.4 is 36.3 Å². The zero-order valence-corrected chi connectivity index (χ0v) is 39.5. The Balaban J connectivity index is 1.26. The highest BCUT2D eigenvalue weighted by Gasteiger charge is 2.43. The quantitative estimate of drug-likeness (QED) is 0.0506. The summed E-state index contributed by atoms with van der Waals surface area (Å²) >= 11 is 0. The molecule has 0 saturated heterocycles. The molecule has 0 N–H and O–H groups in total. The Morgan fingerprint density at radius 2 is 0.846 bits per heavy atom. The third-order valence-electron chi connectivity index (χ3n) is 13.1. The van der Waals surface area contributed by atoms with E-state index in [9.17, 15) is 0 Å². The van der Waals surface area contributed by atoms with E-state index in [2.05, 4.69) is 264 Å². The number of allylic oxidation sites excluding steroid dienone is 4. The summed E-state index contributed by atoms with van der Waals surface area (Å²) in [6.07, 6.45) is 9.00. The number of aliphatic imine (C=N–C) groups is 2. The van der Waals surface area contributed by atoms with Crippen molar-refractivity contribution in [1.29, 1.82) is 0 Å². The van der Waals surface area contributed by atoms with Crippen LogP contribution in [0.3, 0.4) is 0 Å². The van der Waals surface area contributed by atoms with Crippen LogP contribution in [0.25, 0.3) is 5.70 Å². The molecule has 65 heavy (non-hydrogen) atoms. The second kappa shape index (κ2) is 19.2. The molecule has 1 aliphatic carbocycles. The maximum Gasteiger partial charge on any atom is 0.179 e. The van der Waals surface area contributed by atoms with Crippen LogP contribution in [0.4, 0.5) is 0 Å². The number of rotatable bonds is 12. The van der Waals surface area contributed by atoms with Crippen molar-refractivity contribution in [3.05, 3.63) is 276 Å². The Morgan fingerprint density at radius 3 is 1.31 bits per heavy atom. The SMILES string of the molecule is C=C(/N=C(\N=C(/C)c1cccc([Si](C2=CC=CCC2)(c2ccccc2)c2ccccc2)c1)c1cccc([Si](c2ccccc2)(c2ccccc2)c2ccccc2)c1)c1c(C)cccc1C. The first-order chi connectivity index (χ1) is 31.9. The Morgan fingerprint density at radius 1 is 0.446 bits per heavy atom. The highest BCUT2D eigenvalue weighted by molar-refractivity contribution is 7.20. The zero-order valence-electron chi connectivity index (χ0n) is 37.5. The summed E-state index contributed by atoms with van der Waals surface area (Å²) in [5, 5.41) is 10.8. The number of aryl methyl sites for hydroxylation is 2. The van der Waals surface area contributed by atoms with Crippen LogP contribution in [0.1, 0.15) is 47.6 Å². The first-order valence-corrected chi connectivity index (χ1v) is 26.7. The Labute approximate surface area is 387 Å². The first kappa shape index (κ1) is 43.0. The van der Waals surface area contributed by atoms with E-state index in [-0.39, 0.29) is 0 Å². The summed E-state index contributed by atoms with van der Waals surface area (Å²) in [5.41, 5.74) is 6.93. The average Bonchev–Trinajstić information content (AvgIpc) is 3.36. The summed E-state index contributed by atoms with van der Waals surface area (Å²) in [4.78, 5) is 11.0.